The SMILES string of the molecule is CC/C(=C\c1ccc(O)cc1Cl)CC[C@H]1OB(O)C[C@H]2C1=C(COc1ccccc1)C[C@H]1C(=O)N(C3CCCCC3)C(=O)[C@H]12. The molecule has 0 radical (unpaired) electrons. The van der Waals surface area contributed by atoms with Crippen LogP contribution in [0.2, 0.25) is 11.3 Å². The number of allylic oxidation sites excluding steroid dienone is 1. The highest BCUT2D eigenvalue weighted by molar-refractivity contribution is 6.43. The predicted octanol–water partition coefficient (Wildman–Crippen LogP) is 6.83. The number of hydrogen-bond acceptors (Lipinski definition) is 6. The molecule has 9 heteroatoms. The van der Waals surface area contributed by atoms with E-state index < -0.39 is 25.1 Å². The van der Waals surface area contributed by atoms with Crippen molar-refractivity contribution in [1.82, 2.24) is 4.90 Å². The Bertz CT molecular complexity index is 1440. The Labute approximate surface area is 265 Å². The zero-order chi connectivity index (χ0) is 30.8. The van der Waals surface area contributed by atoms with Gasteiger partial charge in [-0.25, -0.2) is 0 Å². The molecule has 2 heterocycles. The maximum atomic E-state index is 14.1. The molecule has 2 amide bonds. The number of phenolic OH excluding ortho intramolecular Hbond substituents is 1. The van der Waals surface area contributed by atoms with Crippen molar-refractivity contribution >= 4 is 36.6 Å². The number of ether oxygens (including phenoxy) is 1. The van der Waals surface area contributed by atoms with Crippen molar-refractivity contribution in [3.8, 4) is 11.5 Å². The summed E-state index contributed by atoms with van der Waals surface area (Å²) in [6.45, 7) is 2.39. The average Bonchev–Trinajstić information content (AvgIpc) is 3.28. The fourth-order valence-electron chi connectivity index (χ4n) is 7.83. The van der Waals surface area contributed by atoms with E-state index in [-0.39, 0.29) is 29.5 Å². The summed E-state index contributed by atoms with van der Waals surface area (Å²) in [5.74, 6) is -0.436. The molecule has 0 bridgehead atoms. The Balaban J connectivity index is 1.30. The first-order valence-electron chi connectivity index (χ1n) is 16.1. The van der Waals surface area contributed by atoms with Gasteiger partial charge in [-0.1, -0.05) is 67.6 Å². The van der Waals surface area contributed by atoms with Crippen molar-refractivity contribution in [2.24, 2.45) is 17.8 Å². The van der Waals surface area contributed by atoms with E-state index in [1.807, 2.05) is 36.4 Å². The van der Waals surface area contributed by atoms with Gasteiger partial charge in [0.2, 0.25) is 11.8 Å². The minimum atomic E-state index is -1.02. The zero-order valence-electron chi connectivity index (χ0n) is 25.3. The number of carbonyl (C=O) groups excluding carboxylic acids is 2. The van der Waals surface area contributed by atoms with Crippen molar-refractivity contribution in [3.05, 3.63) is 75.8 Å². The summed E-state index contributed by atoms with van der Waals surface area (Å²) in [5, 5.41) is 21.2. The van der Waals surface area contributed by atoms with Gasteiger partial charge in [-0.2, -0.15) is 0 Å². The number of halogens is 1. The molecule has 2 saturated heterocycles. The van der Waals surface area contributed by atoms with E-state index in [4.69, 9.17) is 21.0 Å². The third kappa shape index (κ3) is 6.35. The molecule has 2 aromatic rings. The molecule has 0 aromatic heterocycles. The molecule has 4 atom stereocenters. The van der Waals surface area contributed by atoms with E-state index >= 15 is 0 Å². The molecule has 2 aliphatic heterocycles. The number of aromatic hydroxyl groups is 1. The van der Waals surface area contributed by atoms with Crippen LogP contribution in [0.4, 0.5) is 0 Å². The standard InChI is InChI=1S/C35H41BClNO6/c1-2-22(17-23-14-15-26(39)19-30(23)37)13-16-31-32-24(21-43-27-11-7-4-8-12-27)18-28-33(29(32)20-36(42)44-31)35(41)38(34(28)40)25-9-5-3-6-10-25/h4,7-8,11-12,14-15,17,19,25,28-29,31,33,39,42H,2-3,5-6,9-10,13,16,18,20-21H2,1H3/b22-17+/t28-,29+,31-,33-/m1/s1. The summed E-state index contributed by atoms with van der Waals surface area (Å²) >= 11 is 6.39. The molecule has 232 valence electrons. The normalized spacial score (nSPS) is 26.2. The first kappa shape index (κ1) is 30.9. The lowest BCUT2D eigenvalue weighted by atomic mass is 9.58. The first-order valence-corrected chi connectivity index (χ1v) is 16.5. The van der Waals surface area contributed by atoms with Crippen LogP contribution in [0.3, 0.4) is 0 Å². The summed E-state index contributed by atoms with van der Waals surface area (Å²) in [5.41, 5.74) is 4.02. The van der Waals surface area contributed by atoms with Crippen LogP contribution in [0.25, 0.3) is 6.08 Å². The van der Waals surface area contributed by atoms with Crippen LogP contribution in [0, 0.1) is 17.8 Å². The van der Waals surface area contributed by atoms with Gasteiger partial charge in [-0.3, -0.25) is 14.5 Å². The largest absolute Gasteiger partial charge is 0.508 e. The van der Waals surface area contributed by atoms with Gasteiger partial charge in [-0.15, -0.1) is 0 Å². The summed E-state index contributed by atoms with van der Waals surface area (Å²) in [6.07, 6.45) is 9.47. The highest BCUT2D eigenvalue weighted by Crippen LogP contribution is 2.51. The molecule has 0 unspecified atom stereocenters. The number of phenols is 1. The molecule has 0 spiro atoms. The second-order valence-corrected chi connectivity index (χ2v) is 13.1. The molecule has 2 aromatic carbocycles. The predicted molar refractivity (Wildman–Crippen MR) is 171 cm³/mol. The quantitative estimate of drug-likeness (QED) is 0.182. The maximum absolute atomic E-state index is 14.1. The lowest BCUT2D eigenvalue weighted by molar-refractivity contribution is -0.143. The molecule has 2 N–H and O–H groups in total. The molecule has 2 aliphatic carbocycles. The molecular formula is C35H41BClNO6. The van der Waals surface area contributed by atoms with Crippen LogP contribution < -0.4 is 4.74 Å². The van der Waals surface area contributed by atoms with E-state index in [0.717, 1.165) is 66.6 Å². The van der Waals surface area contributed by atoms with Gasteiger partial charge in [0.15, 0.2) is 0 Å². The summed E-state index contributed by atoms with van der Waals surface area (Å²) in [6, 6.07) is 14.5. The van der Waals surface area contributed by atoms with Crippen molar-refractivity contribution in [2.45, 2.75) is 83.2 Å². The molecule has 3 fully saturated rings. The number of nitrogens with zero attached hydrogens (tertiary/aromatic N) is 1. The molecule has 44 heavy (non-hydrogen) atoms. The van der Waals surface area contributed by atoms with E-state index in [2.05, 4.69) is 6.92 Å². The van der Waals surface area contributed by atoms with E-state index in [1.165, 1.54) is 6.07 Å². The van der Waals surface area contributed by atoms with Crippen molar-refractivity contribution in [2.75, 3.05) is 6.61 Å². The highest BCUT2D eigenvalue weighted by Gasteiger charge is 2.58. The number of imide groups is 1. The number of amides is 2. The van der Waals surface area contributed by atoms with Gasteiger partial charge >= 0.3 is 7.12 Å². The summed E-state index contributed by atoms with van der Waals surface area (Å²) in [7, 11) is -1.02. The Hall–Kier alpha value is -3.07. The van der Waals surface area contributed by atoms with E-state index in [1.54, 1.807) is 17.0 Å². The minimum Gasteiger partial charge on any atom is -0.508 e. The lowest BCUT2D eigenvalue weighted by Gasteiger charge is -2.43. The number of likely N-dealkylation sites (tertiary alicyclic amines) is 1. The Morgan fingerprint density at radius 1 is 1.09 bits per heavy atom. The summed E-state index contributed by atoms with van der Waals surface area (Å²) in [4.78, 5) is 29.6. The zero-order valence-corrected chi connectivity index (χ0v) is 26.0. The van der Waals surface area contributed by atoms with Crippen molar-refractivity contribution in [3.63, 3.8) is 0 Å². The number of para-hydroxylation sites is 1. The third-order valence-corrected chi connectivity index (χ3v) is 10.3. The lowest BCUT2D eigenvalue weighted by Crippen LogP contribution is -2.47. The van der Waals surface area contributed by atoms with E-state index in [9.17, 15) is 19.7 Å². The Kier molecular flexibility index (Phi) is 9.50. The molecule has 7 nitrogen and oxygen atoms in total. The topological polar surface area (TPSA) is 96.3 Å². The average molecular weight is 618 g/mol. The second kappa shape index (κ2) is 13.5. The minimum absolute atomic E-state index is 0.0219. The Morgan fingerprint density at radius 3 is 2.59 bits per heavy atom. The second-order valence-electron chi connectivity index (χ2n) is 12.7. The van der Waals surface area contributed by atoms with Gasteiger partial charge in [0, 0.05) is 6.04 Å². The smallest absolute Gasteiger partial charge is 0.455 e. The molecule has 6 rings (SSSR count). The van der Waals surface area contributed by atoms with Gasteiger partial charge in [-0.05, 0) is 97.8 Å². The number of rotatable bonds is 9. The first-order chi connectivity index (χ1) is 21.3. The number of hydrogen-bond donors (Lipinski definition) is 2. The van der Waals surface area contributed by atoms with Crippen molar-refractivity contribution < 1.29 is 29.1 Å². The fourth-order valence-corrected chi connectivity index (χ4v) is 8.06. The molecular weight excluding hydrogens is 577 g/mol. The van der Waals surface area contributed by atoms with Crippen LogP contribution in [0.15, 0.2) is 65.3 Å². The molecule has 1 saturated carbocycles. The van der Waals surface area contributed by atoms with Crippen LogP contribution >= 0.6 is 11.6 Å². The van der Waals surface area contributed by atoms with Crippen LogP contribution in [-0.2, 0) is 14.2 Å². The maximum Gasteiger partial charge on any atom is 0.455 e. The van der Waals surface area contributed by atoms with Crippen LogP contribution in [0.1, 0.15) is 70.3 Å². The number of carbonyl (C=O) groups is 2. The highest BCUT2D eigenvalue weighted by atomic mass is 35.5. The van der Waals surface area contributed by atoms with Gasteiger partial charge in [0.05, 0.1) is 23.0 Å². The van der Waals surface area contributed by atoms with Gasteiger partial charge in [0.25, 0.3) is 0 Å². The van der Waals surface area contributed by atoms with Gasteiger partial charge < -0.3 is 19.5 Å². The molecule has 4 aliphatic rings. The third-order valence-electron chi connectivity index (χ3n) is 9.96. The van der Waals surface area contributed by atoms with Gasteiger partial charge in [0.1, 0.15) is 18.1 Å². The van der Waals surface area contributed by atoms with Crippen molar-refractivity contribution in [1.29, 1.82) is 0 Å². The van der Waals surface area contributed by atoms with E-state index in [0.29, 0.717) is 37.2 Å². The number of benzene rings is 2. The van der Waals surface area contributed by atoms with Crippen LogP contribution in [0.5, 0.6) is 11.5 Å². The Morgan fingerprint density at radius 2 is 1.86 bits per heavy atom. The fraction of sp³-hybridized carbons (Fsp3) is 0.486. The monoisotopic (exact) mass is 617 g/mol. The summed E-state index contributed by atoms with van der Waals surface area (Å²) < 4.78 is 12.5. The van der Waals surface area contributed by atoms with Crippen LogP contribution in [-0.4, -0.2) is 52.7 Å². The number of fused-ring (bicyclic) bond motifs is 3.